The van der Waals surface area contributed by atoms with Crippen molar-refractivity contribution in [3.63, 3.8) is 0 Å². The van der Waals surface area contributed by atoms with E-state index < -0.39 is 29.5 Å². The first kappa shape index (κ1) is 24.4. The number of carboxylic acids is 1. The minimum Gasteiger partial charge on any atom is -0.508 e. The summed E-state index contributed by atoms with van der Waals surface area (Å²) in [5.41, 5.74) is 0.919. The number of carboxylic acid groups (broad SMARTS) is 1. The van der Waals surface area contributed by atoms with Crippen molar-refractivity contribution < 1.29 is 39.2 Å². The summed E-state index contributed by atoms with van der Waals surface area (Å²) in [5.74, 6) is -3.28. The zero-order valence-corrected chi connectivity index (χ0v) is 20.1. The smallest absolute Gasteiger partial charge is 0.335 e. The van der Waals surface area contributed by atoms with E-state index in [1.54, 1.807) is 18.2 Å². The molecule has 5 rings (SSSR count). The number of fused-ring (bicyclic) bond motifs is 1. The molecule has 0 bridgehead atoms. The molecule has 0 aliphatic carbocycles. The lowest BCUT2D eigenvalue weighted by atomic mass is 9.94. The standard InChI is InChI=1S/C27H21N3O8/c1-37-18-4-3-5-19(38-2)20(18)23(32)21-22(13-6-9-15(31)10-7-13)30(25(34)24(21)33)27-28-16-11-8-14(26(35)36)12-17(16)29-27/h3-12,22,31-32H,1-2H3,(H,28,29)(H,35,36)/b23-21+. The highest BCUT2D eigenvalue weighted by Crippen LogP contribution is 2.45. The number of hydrogen-bond donors (Lipinski definition) is 4. The van der Waals surface area contributed by atoms with Crippen LogP contribution in [0.15, 0.2) is 66.2 Å². The summed E-state index contributed by atoms with van der Waals surface area (Å²) in [6.45, 7) is 0. The van der Waals surface area contributed by atoms with Crippen molar-refractivity contribution in [2.24, 2.45) is 0 Å². The maximum atomic E-state index is 13.5. The van der Waals surface area contributed by atoms with Crippen LogP contribution in [0.1, 0.15) is 27.5 Å². The number of H-pyrrole nitrogens is 1. The number of aliphatic hydroxyl groups is 1. The average Bonchev–Trinajstić information content (AvgIpc) is 3.45. The van der Waals surface area contributed by atoms with Crippen LogP contribution >= 0.6 is 0 Å². The molecule has 1 aliphatic rings. The summed E-state index contributed by atoms with van der Waals surface area (Å²) >= 11 is 0. The Morgan fingerprint density at radius 2 is 1.63 bits per heavy atom. The third-order valence-electron chi connectivity index (χ3n) is 6.26. The van der Waals surface area contributed by atoms with Crippen LogP contribution < -0.4 is 14.4 Å². The minimum atomic E-state index is -1.16. The first-order valence-corrected chi connectivity index (χ1v) is 11.3. The monoisotopic (exact) mass is 515 g/mol. The Balaban J connectivity index is 1.76. The van der Waals surface area contributed by atoms with Gasteiger partial charge in [0, 0.05) is 0 Å². The van der Waals surface area contributed by atoms with Crippen molar-refractivity contribution in [1.82, 2.24) is 9.97 Å². The van der Waals surface area contributed by atoms with Gasteiger partial charge in [-0.15, -0.1) is 0 Å². The third kappa shape index (κ3) is 3.86. The van der Waals surface area contributed by atoms with Crippen molar-refractivity contribution in [3.05, 3.63) is 82.9 Å². The number of aromatic hydroxyl groups is 1. The molecule has 192 valence electrons. The molecule has 1 atom stereocenters. The number of amides is 1. The van der Waals surface area contributed by atoms with Gasteiger partial charge >= 0.3 is 11.9 Å². The molecule has 1 aliphatic heterocycles. The average molecular weight is 515 g/mol. The van der Waals surface area contributed by atoms with Gasteiger partial charge in [-0.1, -0.05) is 18.2 Å². The number of carbonyl (C=O) groups excluding carboxylic acids is 2. The van der Waals surface area contributed by atoms with Gasteiger partial charge in [-0.25, -0.2) is 9.78 Å². The molecule has 1 aromatic heterocycles. The Morgan fingerprint density at radius 1 is 0.974 bits per heavy atom. The summed E-state index contributed by atoms with van der Waals surface area (Å²) in [7, 11) is 2.78. The van der Waals surface area contributed by atoms with E-state index in [0.717, 1.165) is 4.90 Å². The van der Waals surface area contributed by atoms with Gasteiger partial charge in [-0.2, -0.15) is 0 Å². The number of benzene rings is 3. The Morgan fingerprint density at radius 3 is 2.24 bits per heavy atom. The van der Waals surface area contributed by atoms with Gasteiger partial charge in [0.15, 0.2) is 0 Å². The number of aromatic carboxylic acids is 1. The highest BCUT2D eigenvalue weighted by Gasteiger charge is 2.48. The maximum absolute atomic E-state index is 13.5. The fraction of sp³-hybridized carbons (Fsp3) is 0.111. The molecule has 2 heterocycles. The third-order valence-corrected chi connectivity index (χ3v) is 6.26. The molecule has 0 saturated carbocycles. The lowest BCUT2D eigenvalue weighted by molar-refractivity contribution is -0.132. The topological polar surface area (TPSA) is 162 Å². The van der Waals surface area contributed by atoms with Crippen LogP contribution in [0.3, 0.4) is 0 Å². The second kappa shape index (κ2) is 9.28. The Hall–Kier alpha value is -5.32. The summed E-state index contributed by atoms with van der Waals surface area (Å²) in [6, 6.07) is 13.6. The number of anilines is 1. The number of aliphatic hydroxyl groups excluding tert-OH is 1. The van der Waals surface area contributed by atoms with Crippen molar-refractivity contribution in [3.8, 4) is 17.2 Å². The molecule has 1 amide bonds. The summed E-state index contributed by atoms with van der Waals surface area (Å²) < 4.78 is 10.8. The largest absolute Gasteiger partial charge is 0.508 e. The number of phenolic OH excluding ortho intramolecular Hbond substituents is 1. The number of nitrogens with zero attached hydrogens (tertiary/aromatic N) is 2. The number of Topliss-reactive ketones (excluding diaryl/α,β-unsaturated/α-hetero) is 1. The van der Waals surface area contributed by atoms with Crippen LogP contribution in [0.25, 0.3) is 16.8 Å². The number of ether oxygens (including phenoxy) is 2. The number of hydrogen-bond acceptors (Lipinski definition) is 8. The first-order chi connectivity index (χ1) is 18.2. The van der Waals surface area contributed by atoms with Gasteiger partial charge in [-0.3, -0.25) is 14.5 Å². The number of imidazole rings is 1. The van der Waals surface area contributed by atoms with Gasteiger partial charge in [-0.05, 0) is 48.0 Å². The van der Waals surface area contributed by atoms with Gasteiger partial charge in [0.25, 0.3) is 5.78 Å². The zero-order valence-electron chi connectivity index (χ0n) is 20.1. The summed E-state index contributed by atoms with van der Waals surface area (Å²) in [5, 5.41) is 30.7. The Kier molecular flexibility index (Phi) is 5.95. The molecule has 11 heteroatoms. The van der Waals surface area contributed by atoms with Crippen LogP contribution in [0, 0.1) is 0 Å². The second-order valence-electron chi connectivity index (χ2n) is 8.40. The van der Waals surface area contributed by atoms with E-state index in [0.29, 0.717) is 16.6 Å². The number of carbonyl (C=O) groups is 3. The van der Waals surface area contributed by atoms with Crippen LogP contribution in [-0.2, 0) is 9.59 Å². The van der Waals surface area contributed by atoms with Gasteiger partial charge < -0.3 is 29.8 Å². The number of phenols is 1. The zero-order chi connectivity index (χ0) is 27.1. The summed E-state index contributed by atoms with van der Waals surface area (Å²) in [6.07, 6.45) is 0. The highest BCUT2D eigenvalue weighted by atomic mass is 16.5. The minimum absolute atomic E-state index is 0.00751. The van der Waals surface area contributed by atoms with Crippen molar-refractivity contribution >= 4 is 40.4 Å². The number of methoxy groups -OCH3 is 2. The number of aromatic nitrogens is 2. The number of nitrogens with one attached hydrogen (secondary N) is 1. The number of ketones is 1. The van der Waals surface area contributed by atoms with E-state index in [-0.39, 0.29) is 39.9 Å². The predicted molar refractivity (Wildman–Crippen MR) is 135 cm³/mol. The SMILES string of the molecule is COc1cccc(OC)c1/C(O)=C1\C(=O)C(=O)N(c2nc3ccc(C(=O)O)cc3[nH]2)C1c1ccc(O)cc1. The fourth-order valence-corrected chi connectivity index (χ4v) is 4.49. The molecule has 3 aromatic carbocycles. The molecular weight excluding hydrogens is 494 g/mol. The molecule has 4 aromatic rings. The lowest BCUT2D eigenvalue weighted by Gasteiger charge is -2.23. The van der Waals surface area contributed by atoms with Gasteiger partial charge in [0.05, 0.1) is 42.4 Å². The maximum Gasteiger partial charge on any atom is 0.335 e. The Labute approximate surface area is 215 Å². The van der Waals surface area contributed by atoms with Gasteiger partial charge in [0.2, 0.25) is 5.95 Å². The lowest BCUT2D eigenvalue weighted by Crippen LogP contribution is -2.30. The second-order valence-corrected chi connectivity index (χ2v) is 8.40. The van der Waals surface area contributed by atoms with E-state index >= 15 is 0 Å². The van der Waals surface area contributed by atoms with Crippen molar-refractivity contribution in [2.75, 3.05) is 19.1 Å². The molecule has 0 spiro atoms. The van der Waals surface area contributed by atoms with Crippen LogP contribution in [0.2, 0.25) is 0 Å². The van der Waals surface area contributed by atoms with E-state index in [1.807, 2.05) is 0 Å². The molecule has 1 unspecified atom stereocenters. The van der Waals surface area contributed by atoms with Crippen molar-refractivity contribution in [2.45, 2.75) is 6.04 Å². The van der Waals surface area contributed by atoms with Gasteiger partial charge in [0.1, 0.15) is 28.6 Å². The van der Waals surface area contributed by atoms with Crippen LogP contribution in [0.5, 0.6) is 17.2 Å². The first-order valence-electron chi connectivity index (χ1n) is 11.3. The summed E-state index contributed by atoms with van der Waals surface area (Å²) in [4.78, 5) is 46.7. The molecular formula is C27H21N3O8. The molecule has 1 saturated heterocycles. The molecule has 38 heavy (non-hydrogen) atoms. The van der Waals surface area contributed by atoms with E-state index in [9.17, 15) is 29.7 Å². The van der Waals surface area contributed by atoms with E-state index in [2.05, 4.69) is 9.97 Å². The number of rotatable bonds is 6. The predicted octanol–water partition coefficient (Wildman–Crippen LogP) is 3.61. The molecule has 11 nitrogen and oxygen atoms in total. The molecule has 1 fully saturated rings. The van der Waals surface area contributed by atoms with Crippen LogP contribution in [0.4, 0.5) is 5.95 Å². The van der Waals surface area contributed by atoms with E-state index in [1.165, 1.54) is 56.7 Å². The quantitative estimate of drug-likeness (QED) is 0.171. The normalized spacial score (nSPS) is 16.7. The number of aromatic amines is 1. The Bertz CT molecular complexity index is 1620. The molecule has 0 radical (unpaired) electrons. The van der Waals surface area contributed by atoms with E-state index in [4.69, 9.17) is 9.47 Å². The molecule has 4 N–H and O–H groups in total. The fourth-order valence-electron chi connectivity index (χ4n) is 4.49. The van der Waals surface area contributed by atoms with Crippen molar-refractivity contribution in [1.29, 1.82) is 0 Å². The highest BCUT2D eigenvalue weighted by molar-refractivity contribution is 6.51. The van der Waals surface area contributed by atoms with Crippen LogP contribution in [-0.4, -0.2) is 57.2 Å².